The van der Waals surface area contributed by atoms with Crippen molar-refractivity contribution in [2.75, 3.05) is 27.2 Å². The van der Waals surface area contributed by atoms with E-state index in [4.69, 9.17) is 27.9 Å². The molecule has 0 spiro atoms. The van der Waals surface area contributed by atoms with Crippen molar-refractivity contribution in [1.82, 2.24) is 5.32 Å². The Labute approximate surface area is 152 Å². The molecule has 0 radical (unpaired) electrons. The number of hydrogen-bond donors (Lipinski definition) is 2. The third-order valence-corrected chi connectivity index (χ3v) is 4.16. The lowest BCUT2D eigenvalue weighted by Crippen LogP contribution is -3.08. The van der Waals surface area contributed by atoms with Crippen LogP contribution in [0.5, 0.6) is 5.75 Å². The smallest absolute Gasteiger partial charge is 0.251 e. The molecule has 24 heavy (non-hydrogen) atoms. The maximum atomic E-state index is 11.5. The van der Waals surface area contributed by atoms with Crippen LogP contribution in [0, 0.1) is 0 Å². The van der Waals surface area contributed by atoms with Gasteiger partial charge in [-0.3, -0.25) is 4.79 Å². The maximum absolute atomic E-state index is 11.5. The van der Waals surface area contributed by atoms with Crippen molar-refractivity contribution in [2.45, 2.75) is 6.54 Å². The van der Waals surface area contributed by atoms with Gasteiger partial charge in [-0.1, -0.05) is 35.3 Å². The summed E-state index contributed by atoms with van der Waals surface area (Å²) in [5.74, 6) is 0.569. The van der Waals surface area contributed by atoms with Crippen LogP contribution in [0.1, 0.15) is 15.9 Å². The van der Waals surface area contributed by atoms with E-state index in [1.807, 2.05) is 24.3 Å². The fraction of sp³-hybridized carbons (Fsp3) is 0.278. The van der Waals surface area contributed by atoms with Gasteiger partial charge < -0.3 is 15.0 Å². The zero-order valence-corrected chi connectivity index (χ0v) is 15.2. The summed E-state index contributed by atoms with van der Waals surface area (Å²) in [5.41, 5.74) is 1.84. The Morgan fingerprint density at radius 2 is 1.88 bits per heavy atom. The second kappa shape index (κ2) is 8.92. The zero-order valence-electron chi connectivity index (χ0n) is 13.7. The summed E-state index contributed by atoms with van der Waals surface area (Å²) in [6.45, 7) is 2.24. The highest BCUT2D eigenvalue weighted by Crippen LogP contribution is 2.27. The summed E-state index contributed by atoms with van der Waals surface area (Å²) in [6.07, 6.45) is 0. The minimum Gasteiger partial charge on any atom is -0.486 e. The van der Waals surface area contributed by atoms with Gasteiger partial charge >= 0.3 is 0 Å². The topological polar surface area (TPSA) is 42.8 Å². The quantitative estimate of drug-likeness (QED) is 0.789. The van der Waals surface area contributed by atoms with Gasteiger partial charge in [0.15, 0.2) is 0 Å². The third-order valence-electron chi connectivity index (χ3n) is 3.63. The molecule has 0 aliphatic heterocycles. The molecule has 1 atom stereocenters. The largest absolute Gasteiger partial charge is 0.486 e. The summed E-state index contributed by atoms with van der Waals surface area (Å²) >= 11 is 11.9. The molecule has 0 saturated carbocycles. The van der Waals surface area contributed by atoms with Crippen LogP contribution in [0.15, 0.2) is 42.5 Å². The fourth-order valence-electron chi connectivity index (χ4n) is 2.28. The lowest BCUT2D eigenvalue weighted by molar-refractivity contribution is -0.893. The number of benzene rings is 2. The number of amides is 1. The van der Waals surface area contributed by atoms with Gasteiger partial charge in [0.2, 0.25) is 0 Å². The Bertz CT molecular complexity index is 690. The molecule has 0 bridgehead atoms. The van der Waals surface area contributed by atoms with Crippen LogP contribution in [-0.2, 0) is 6.54 Å². The van der Waals surface area contributed by atoms with E-state index in [9.17, 15) is 4.79 Å². The van der Waals surface area contributed by atoms with E-state index < -0.39 is 0 Å². The summed E-state index contributed by atoms with van der Waals surface area (Å²) in [5, 5.41) is 3.72. The molecule has 4 nitrogen and oxygen atoms in total. The lowest BCUT2D eigenvalue weighted by Gasteiger charge is -2.15. The van der Waals surface area contributed by atoms with Crippen molar-refractivity contribution in [3.63, 3.8) is 0 Å². The minimum absolute atomic E-state index is 0.0736. The molecule has 0 aliphatic rings. The molecule has 0 aliphatic carbocycles. The normalized spacial score (nSPS) is 11.8. The van der Waals surface area contributed by atoms with Gasteiger partial charge in [0.1, 0.15) is 25.4 Å². The predicted molar refractivity (Wildman–Crippen MR) is 97.2 cm³/mol. The lowest BCUT2D eigenvalue weighted by atomic mass is 10.1. The molecular formula is C18H21Cl2N2O2+. The van der Waals surface area contributed by atoms with Crippen LogP contribution >= 0.6 is 23.2 Å². The Morgan fingerprint density at radius 1 is 1.17 bits per heavy atom. The Kier molecular flexibility index (Phi) is 6.91. The van der Waals surface area contributed by atoms with E-state index in [1.54, 1.807) is 25.2 Å². The highest BCUT2D eigenvalue weighted by atomic mass is 35.5. The number of ether oxygens (including phenoxy) is 1. The van der Waals surface area contributed by atoms with Gasteiger partial charge in [-0.25, -0.2) is 0 Å². The van der Waals surface area contributed by atoms with Crippen molar-refractivity contribution in [2.24, 2.45) is 0 Å². The number of quaternary nitrogens is 1. The van der Waals surface area contributed by atoms with Crippen molar-refractivity contribution in [3.05, 3.63) is 63.6 Å². The minimum atomic E-state index is -0.0736. The second-order valence-corrected chi connectivity index (χ2v) is 6.43. The number of rotatable bonds is 7. The standard InChI is InChI=1S/C18H20Cl2N2O2/c1-21-18(23)14-5-3-13(4-6-14)12-22(2)9-10-24-17-8-7-15(19)11-16(17)20/h3-8,11H,9-10,12H2,1-2H3,(H,21,23)/p+1. The van der Waals surface area contributed by atoms with Crippen LogP contribution in [-0.4, -0.2) is 33.2 Å². The molecular weight excluding hydrogens is 347 g/mol. The van der Waals surface area contributed by atoms with Crippen molar-refractivity contribution >= 4 is 29.1 Å². The highest BCUT2D eigenvalue weighted by molar-refractivity contribution is 6.35. The summed E-state index contributed by atoms with van der Waals surface area (Å²) in [4.78, 5) is 12.8. The van der Waals surface area contributed by atoms with Crippen LogP contribution in [0.4, 0.5) is 0 Å². The van der Waals surface area contributed by atoms with E-state index in [2.05, 4.69) is 12.4 Å². The van der Waals surface area contributed by atoms with Gasteiger partial charge in [0.25, 0.3) is 5.91 Å². The Balaban J connectivity index is 1.80. The van der Waals surface area contributed by atoms with Crippen molar-refractivity contribution < 1.29 is 14.4 Å². The van der Waals surface area contributed by atoms with Crippen molar-refractivity contribution in [1.29, 1.82) is 0 Å². The van der Waals surface area contributed by atoms with Crippen LogP contribution < -0.4 is 15.0 Å². The molecule has 0 fully saturated rings. The maximum Gasteiger partial charge on any atom is 0.251 e. The number of hydrogen-bond acceptors (Lipinski definition) is 2. The van der Waals surface area contributed by atoms with Gasteiger partial charge in [0.05, 0.1) is 12.1 Å². The van der Waals surface area contributed by atoms with E-state index >= 15 is 0 Å². The summed E-state index contributed by atoms with van der Waals surface area (Å²) in [6, 6.07) is 12.8. The van der Waals surface area contributed by atoms with Crippen LogP contribution in [0.3, 0.4) is 0 Å². The van der Waals surface area contributed by atoms with Crippen molar-refractivity contribution in [3.8, 4) is 5.75 Å². The number of carbonyl (C=O) groups excluding carboxylic acids is 1. The molecule has 2 rings (SSSR count). The van der Waals surface area contributed by atoms with Gasteiger partial charge in [-0.05, 0) is 30.3 Å². The van der Waals surface area contributed by atoms with Gasteiger partial charge in [-0.15, -0.1) is 0 Å². The molecule has 2 aromatic rings. The molecule has 1 unspecified atom stereocenters. The molecule has 0 heterocycles. The third kappa shape index (κ3) is 5.41. The number of halogens is 2. The van der Waals surface area contributed by atoms with Gasteiger partial charge in [0, 0.05) is 23.2 Å². The molecule has 0 saturated heterocycles. The van der Waals surface area contributed by atoms with E-state index in [0.717, 1.165) is 13.1 Å². The Hall–Kier alpha value is -1.75. The zero-order chi connectivity index (χ0) is 17.5. The molecule has 1 amide bonds. The summed E-state index contributed by atoms with van der Waals surface area (Å²) < 4.78 is 5.70. The molecule has 2 N–H and O–H groups in total. The average Bonchev–Trinajstić information content (AvgIpc) is 2.57. The first-order valence-electron chi connectivity index (χ1n) is 7.69. The molecule has 128 valence electrons. The molecule has 2 aromatic carbocycles. The second-order valence-electron chi connectivity index (χ2n) is 5.58. The first-order chi connectivity index (χ1) is 11.5. The van der Waals surface area contributed by atoms with Gasteiger partial charge in [-0.2, -0.15) is 0 Å². The monoisotopic (exact) mass is 367 g/mol. The van der Waals surface area contributed by atoms with Crippen LogP contribution in [0.25, 0.3) is 0 Å². The van der Waals surface area contributed by atoms with E-state index in [0.29, 0.717) is 28.0 Å². The van der Waals surface area contributed by atoms with E-state index in [-0.39, 0.29) is 5.91 Å². The number of nitrogens with one attached hydrogen (secondary N) is 2. The highest BCUT2D eigenvalue weighted by Gasteiger charge is 2.08. The fourth-order valence-corrected chi connectivity index (χ4v) is 2.75. The Morgan fingerprint density at radius 3 is 2.50 bits per heavy atom. The SMILES string of the molecule is CNC(=O)c1ccc(C[NH+](C)CCOc2ccc(Cl)cc2Cl)cc1. The first-order valence-corrected chi connectivity index (χ1v) is 8.45. The average molecular weight is 368 g/mol. The van der Waals surface area contributed by atoms with Crippen LogP contribution in [0.2, 0.25) is 10.0 Å². The van der Waals surface area contributed by atoms with E-state index in [1.165, 1.54) is 10.5 Å². The predicted octanol–water partition coefficient (Wildman–Crippen LogP) is 2.45. The summed E-state index contributed by atoms with van der Waals surface area (Å²) in [7, 11) is 3.72. The number of likely N-dealkylation sites (N-methyl/N-ethyl adjacent to an activating group) is 1. The molecule has 0 aromatic heterocycles. The molecule has 6 heteroatoms. The number of carbonyl (C=O) groups is 1. The first kappa shape index (κ1) is 18.6.